The van der Waals surface area contributed by atoms with Crippen LogP contribution >= 0.6 is 23.2 Å². The van der Waals surface area contributed by atoms with Crippen LogP contribution in [-0.2, 0) is 34.1 Å². The molecule has 156 valence electrons. The molecule has 1 heterocycles. The third-order valence-electron chi connectivity index (χ3n) is 5.30. The Labute approximate surface area is 182 Å². The number of amides is 1. The van der Waals surface area contributed by atoms with Crippen LogP contribution in [0.3, 0.4) is 0 Å². The van der Waals surface area contributed by atoms with E-state index in [0.717, 1.165) is 23.8 Å². The molecule has 1 atom stereocenters. The number of nitrogens with one attached hydrogen (secondary N) is 1. The van der Waals surface area contributed by atoms with Gasteiger partial charge in [-0.1, -0.05) is 47.5 Å². The van der Waals surface area contributed by atoms with E-state index < -0.39 is 10.0 Å². The first-order valence-corrected chi connectivity index (χ1v) is 12.1. The Hall–Kier alpha value is -1.60. The number of hydrogen-bond donors (Lipinski definition) is 1. The highest BCUT2D eigenvalue weighted by molar-refractivity contribution is 7.88. The van der Waals surface area contributed by atoms with Crippen molar-refractivity contribution in [2.45, 2.75) is 32.2 Å². The van der Waals surface area contributed by atoms with Crippen LogP contribution in [0.15, 0.2) is 36.4 Å². The normalized spacial score (nSPS) is 16.6. The van der Waals surface area contributed by atoms with Gasteiger partial charge in [0.25, 0.3) is 0 Å². The lowest BCUT2D eigenvalue weighted by molar-refractivity contribution is -0.133. The minimum atomic E-state index is -3.21. The van der Waals surface area contributed by atoms with Gasteiger partial charge in [-0.3, -0.25) is 4.79 Å². The van der Waals surface area contributed by atoms with Gasteiger partial charge >= 0.3 is 0 Å². The maximum atomic E-state index is 13.0. The molecule has 29 heavy (non-hydrogen) atoms. The number of carbonyl (C=O) groups is 1. The maximum absolute atomic E-state index is 13.0. The van der Waals surface area contributed by atoms with Gasteiger partial charge in [0.2, 0.25) is 15.9 Å². The Bertz CT molecular complexity index is 1000. The largest absolute Gasteiger partial charge is 0.335 e. The summed E-state index contributed by atoms with van der Waals surface area (Å²) in [6.07, 6.45) is 2.67. The van der Waals surface area contributed by atoms with Crippen molar-refractivity contribution in [3.8, 4) is 0 Å². The molecule has 8 heteroatoms. The van der Waals surface area contributed by atoms with Gasteiger partial charge in [0, 0.05) is 23.1 Å². The number of hydrogen-bond acceptors (Lipinski definition) is 3. The molecule has 0 aliphatic carbocycles. The SMILES string of the molecule is C[C@H]1c2cccc(CCNS(C)(=O)=O)c2CCN1C(=O)Cc1c(Cl)cccc1Cl. The highest BCUT2D eigenvalue weighted by atomic mass is 35.5. The molecule has 1 amide bonds. The van der Waals surface area contributed by atoms with Gasteiger partial charge in [0.1, 0.15) is 0 Å². The molecule has 0 aromatic heterocycles. The Morgan fingerprint density at radius 1 is 1.17 bits per heavy atom. The Morgan fingerprint density at radius 3 is 2.48 bits per heavy atom. The number of nitrogens with zero attached hydrogens (tertiary/aromatic N) is 1. The zero-order valence-electron chi connectivity index (χ0n) is 16.4. The van der Waals surface area contributed by atoms with Gasteiger partial charge in [0.15, 0.2) is 0 Å². The van der Waals surface area contributed by atoms with Crippen molar-refractivity contribution in [3.05, 3.63) is 68.7 Å². The van der Waals surface area contributed by atoms with Crippen LogP contribution in [0.1, 0.15) is 35.2 Å². The van der Waals surface area contributed by atoms with Gasteiger partial charge in [-0.15, -0.1) is 0 Å². The minimum Gasteiger partial charge on any atom is -0.335 e. The van der Waals surface area contributed by atoms with Crippen molar-refractivity contribution in [3.63, 3.8) is 0 Å². The molecule has 2 aromatic carbocycles. The highest BCUT2D eigenvalue weighted by Gasteiger charge is 2.29. The van der Waals surface area contributed by atoms with E-state index in [2.05, 4.69) is 4.72 Å². The topological polar surface area (TPSA) is 66.5 Å². The smallest absolute Gasteiger partial charge is 0.227 e. The van der Waals surface area contributed by atoms with Crippen LogP contribution in [0.25, 0.3) is 0 Å². The zero-order chi connectivity index (χ0) is 21.2. The van der Waals surface area contributed by atoms with Crippen LogP contribution in [0.5, 0.6) is 0 Å². The van der Waals surface area contributed by atoms with Gasteiger partial charge in [-0.2, -0.15) is 0 Å². The molecule has 0 saturated heterocycles. The quantitative estimate of drug-likeness (QED) is 0.721. The number of sulfonamides is 1. The summed E-state index contributed by atoms with van der Waals surface area (Å²) >= 11 is 12.5. The van der Waals surface area contributed by atoms with E-state index in [1.807, 2.05) is 30.0 Å². The Balaban J connectivity index is 1.76. The molecule has 1 aliphatic heterocycles. The zero-order valence-corrected chi connectivity index (χ0v) is 18.7. The van der Waals surface area contributed by atoms with Gasteiger partial charge in [-0.25, -0.2) is 13.1 Å². The second kappa shape index (κ2) is 9.04. The Kier molecular flexibility index (Phi) is 6.89. The van der Waals surface area contributed by atoms with Crippen LogP contribution < -0.4 is 4.72 Å². The second-order valence-electron chi connectivity index (χ2n) is 7.29. The standard InChI is InChI=1S/C21H24Cl2N2O3S/c1-14-16-6-3-5-15(9-11-24-29(2,27)28)17(16)10-12-25(14)21(26)13-18-19(22)7-4-8-20(18)23/h3-8,14,24H,9-13H2,1-2H3/t14-/m0/s1. The van der Waals surface area contributed by atoms with E-state index in [9.17, 15) is 13.2 Å². The molecular weight excluding hydrogens is 431 g/mol. The number of rotatable bonds is 6. The highest BCUT2D eigenvalue weighted by Crippen LogP contribution is 2.33. The van der Waals surface area contributed by atoms with E-state index in [1.54, 1.807) is 18.2 Å². The third kappa shape index (κ3) is 5.31. The summed E-state index contributed by atoms with van der Waals surface area (Å²) in [6, 6.07) is 11.2. The van der Waals surface area contributed by atoms with Crippen molar-refractivity contribution in [2.24, 2.45) is 0 Å². The molecule has 5 nitrogen and oxygen atoms in total. The lowest BCUT2D eigenvalue weighted by Gasteiger charge is -2.36. The van der Waals surface area contributed by atoms with Crippen molar-refractivity contribution in [1.82, 2.24) is 9.62 Å². The molecule has 1 aliphatic rings. The molecule has 1 N–H and O–H groups in total. The molecule has 0 saturated carbocycles. The first-order chi connectivity index (χ1) is 13.7. The number of fused-ring (bicyclic) bond motifs is 1. The summed E-state index contributed by atoms with van der Waals surface area (Å²) in [5, 5.41) is 0.994. The summed E-state index contributed by atoms with van der Waals surface area (Å²) < 4.78 is 25.1. The first kappa shape index (κ1) is 22.1. The fraction of sp³-hybridized carbons (Fsp3) is 0.381. The van der Waals surface area contributed by atoms with Crippen LogP contribution in [0, 0.1) is 0 Å². The van der Waals surface area contributed by atoms with Gasteiger partial charge in [0.05, 0.1) is 18.7 Å². The van der Waals surface area contributed by atoms with Crippen molar-refractivity contribution < 1.29 is 13.2 Å². The maximum Gasteiger partial charge on any atom is 0.227 e. The molecule has 3 rings (SSSR count). The van der Waals surface area contributed by atoms with E-state index in [-0.39, 0.29) is 18.4 Å². The van der Waals surface area contributed by atoms with Gasteiger partial charge < -0.3 is 4.90 Å². The predicted octanol–water partition coefficient (Wildman–Crippen LogP) is 3.77. The van der Waals surface area contributed by atoms with E-state index in [4.69, 9.17) is 23.2 Å². The molecule has 2 aromatic rings. The van der Waals surface area contributed by atoms with E-state index in [0.29, 0.717) is 35.1 Å². The molecule has 0 radical (unpaired) electrons. The lowest BCUT2D eigenvalue weighted by atomic mass is 9.88. The lowest BCUT2D eigenvalue weighted by Crippen LogP contribution is -2.40. The minimum absolute atomic E-state index is 0.0118. The number of benzene rings is 2. The van der Waals surface area contributed by atoms with Gasteiger partial charge in [-0.05, 0) is 54.2 Å². The third-order valence-corrected chi connectivity index (χ3v) is 6.73. The summed E-state index contributed by atoms with van der Waals surface area (Å²) in [5.41, 5.74) is 4.08. The van der Waals surface area contributed by atoms with E-state index in [1.165, 1.54) is 5.56 Å². The van der Waals surface area contributed by atoms with Crippen LogP contribution in [0.2, 0.25) is 10.0 Å². The number of carbonyl (C=O) groups excluding carboxylic acids is 1. The molecule has 0 spiro atoms. The van der Waals surface area contributed by atoms with Crippen LogP contribution in [-0.4, -0.2) is 38.6 Å². The first-order valence-electron chi connectivity index (χ1n) is 9.45. The fourth-order valence-electron chi connectivity index (χ4n) is 3.84. The number of halogens is 2. The predicted molar refractivity (Wildman–Crippen MR) is 117 cm³/mol. The molecule has 0 unspecified atom stereocenters. The summed E-state index contributed by atoms with van der Waals surface area (Å²) in [4.78, 5) is 14.9. The van der Waals surface area contributed by atoms with Crippen molar-refractivity contribution in [2.75, 3.05) is 19.3 Å². The van der Waals surface area contributed by atoms with E-state index >= 15 is 0 Å². The molecular formula is C21H24Cl2N2O3S. The summed E-state index contributed by atoms with van der Waals surface area (Å²) in [6.45, 7) is 2.98. The second-order valence-corrected chi connectivity index (χ2v) is 9.94. The summed E-state index contributed by atoms with van der Waals surface area (Å²) in [7, 11) is -3.21. The average Bonchev–Trinajstić information content (AvgIpc) is 2.64. The average molecular weight is 455 g/mol. The molecule has 0 bridgehead atoms. The summed E-state index contributed by atoms with van der Waals surface area (Å²) in [5.74, 6) is -0.0118. The van der Waals surface area contributed by atoms with Crippen molar-refractivity contribution >= 4 is 39.1 Å². The fourth-order valence-corrected chi connectivity index (χ4v) is 4.85. The molecule has 0 fully saturated rings. The van der Waals surface area contributed by atoms with Crippen molar-refractivity contribution in [1.29, 1.82) is 0 Å². The Morgan fingerprint density at radius 2 is 1.83 bits per heavy atom. The van der Waals surface area contributed by atoms with Crippen LogP contribution in [0.4, 0.5) is 0 Å². The monoisotopic (exact) mass is 454 g/mol.